The molecule has 0 saturated carbocycles. The highest BCUT2D eigenvalue weighted by Crippen LogP contribution is 2.20. The van der Waals surface area contributed by atoms with Gasteiger partial charge in [0.25, 0.3) is 5.22 Å². The van der Waals surface area contributed by atoms with Gasteiger partial charge in [-0.1, -0.05) is 11.8 Å². The van der Waals surface area contributed by atoms with Crippen LogP contribution in [0.4, 0.5) is 4.39 Å². The van der Waals surface area contributed by atoms with E-state index in [9.17, 15) is 12.8 Å². The van der Waals surface area contributed by atoms with Crippen LogP contribution < -0.4 is 0 Å². The maximum absolute atomic E-state index is 12.8. The first-order chi connectivity index (χ1) is 10.5. The third-order valence-corrected chi connectivity index (χ3v) is 5.93. The monoisotopic (exact) mass is 362 g/mol. The summed E-state index contributed by atoms with van der Waals surface area (Å²) in [6.45, 7) is 0. The molecule has 5 nitrogen and oxygen atoms in total. The number of aromatic nitrogens is 2. The van der Waals surface area contributed by atoms with E-state index in [4.69, 9.17) is 4.42 Å². The van der Waals surface area contributed by atoms with Crippen molar-refractivity contribution in [2.75, 3.05) is 17.8 Å². The van der Waals surface area contributed by atoms with Crippen molar-refractivity contribution in [2.24, 2.45) is 0 Å². The summed E-state index contributed by atoms with van der Waals surface area (Å²) in [5.74, 6) is 1.33. The zero-order valence-corrected chi connectivity index (χ0v) is 14.3. The summed E-state index contributed by atoms with van der Waals surface area (Å²) in [5, 5.41) is 8.20. The van der Waals surface area contributed by atoms with Gasteiger partial charge in [-0.05, 0) is 36.9 Å². The second kappa shape index (κ2) is 7.98. The number of hydrogen-bond acceptors (Lipinski definition) is 7. The number of thioether (sulfide) groups is 2. The number of benzene rings is 1. The number of hydrogen-bond donors (Lipinski definition) is 0. The molecule has 0 amide bonds. The van der Waals surface area contributed by atoms with Gasteiger partial charge in [-0.2, -0.15) is 11.8 Å². The Morgan fingerprint density at radius 1 is 1.23 bits per heavy atom. The Hall–Kier alpha value is -1.06. The molecule has 0 saturated heterocycles. The largest absolute Gasteiger partial charge is 0.415 e. The summed E-state index contributed by atoms with van der Waals surface area (Å²) < 4.78 is 42.3. The molecule has 0 aliphatic heterocycles. The van der Waals surface area contributed by atoms with Crippen molar-refractivity contribution in [1.29, 1.82) is 0 Å². The van der Waals surface area contributed by atoms with Crippen molar-refractivity contribution in [3.63, 3.8) is 0 Å². The van der Waals surface area contributed by atoms with E-state index in [0.717, 1.165) is 12.1 Å². The van der Waals surface area contributed by atoms with Crippen molar-refractivity contribution < 1.29 is 17.2 Å². The van der Waals surface area contributed by atoms with E-state index in [1.54, 1.807) is 11.8 Å². The van der Waals surface area contributed by atoms with Crippen molar-refractivity contribution in [3.05, 3.63) is 36.0 Å². The molecule has 120 valence electrons. The Morgan fingerprint density at radius 2 is 1.95 bits per heavy atom. The number of nitrogens with zero attached hydrogens (tertiary/aromatic N) is 2. The topological polar surface area (TPSA) is 73.1 Å². The van der Waals surface area contributed by atoms with E-state index in [1.807, 2.05) is 6.26 Å². The number of halogens is 1. The van der Waals surface area contributed by atoms with Crippen LogP contribution in [0.25, 0.3) is 0 Å². The van der Waals surface area contributed by atoms with Crippen LogP contribution in [0.5, 0.6) is 0 Å². The van der Waals surface area contributed by atoms with Crippen LogP contribution in [0.15, 0.2) is 38.8 Å². The molecular weight excluding hydrogens is 347 g/mol. The highest BCUT2D eigenvalue weighted by molar-refractivity contribution is 7.99. The highest BCUT2D eigenvalue weighted by atomic mass is 32.2. The second-order valence-corrected chi connectivity index (χ2v) is 8.39. The van der Waals surface area contributed by atoms with Crippen LogP contribution in [0.3, 0.4) is 0 Å². The smallest absolute Gasteiger partial charge is 0.276 e. The highest BCUT2D eigenvalue weighted by Gasteiger charge is 2.14. The molecule has 0 bridgehead atoms. The first-order valence-electron chi connectivity index (χ1n) is 6.44. The SMILES string of the molecule is CSCc1nnc(SCCCS(=O)(=O)c2ccc(F)cc2)o1. The Labute approximate surface area is 137 Å². The Balaban J connectivity index is 1.81. The van der Waals surface area contributed by atoms with Crippen molar-refractivity contribution in [1.82, 2.24) is 10.2 Å². The quantitative estimate of drug-likeness (QED) is 0.406. The van der Waals surface area contributed by atoms with Gasteiger partial charge in [0.1, 0.15) is 5.82 Å². The van der Waals surface area contributed by atoms with Gasteiger partial charge in [-0.25, -0.2) is 12.8 Å². The predicted molar refractivity (Wildman–Crippen MR) is 85.3 cm³/mol. The minimum atomic E-state index is -3.38. The fourth-order valence-corrected chi connectivity index (χ4v) is 4.22. The predicted octanol–water partition coefficient (Wildman–Crippen LogP) is 3.03. The summed E-state index contributed by atoms with van der Waals surface area (Å²) in [7, 11) is -3.38. The fourth-order valence-electron chi connectivity index (χ4n) is 1.65. The maximum atomic E-state index is 12.8. The molecule has 0 radical (unpaired) electrons. The molecule has 0 unspecified atom stereocenters. The number of sulfone groups is 1. The van der Waals surface area contributed by atoms with E-state index in [-0.39, 0.29) is 10.6 Å². The molecule has 0 N–H and O–H groups in total. The van der Waals surface area contributed by atoms with Gasteiger partial charge in [-0.3, -0.25) is 0 Å². The van der Waals surface area contributed by atoms with Crippen LogP contribution in [0, 0.1) is 5.82 Å². The zero-order chi connectivity index (χ0) is 16.0. The summed E-state index contributed by atoms with van der Waals surface area (Å²) in [4.78, 5) is 0.138. The molecule has 9 heteroatoms. The molecule has 22 heavy (non-hydrogen) atoms. The molecule has 1 aromatic heterocycles. The van der Waals surface area contributed by atoms with Gasteiger partial charge in [0.15, 0.2) is 9.84 Å². The third kappa shape index (κ3) is 4.99. The average molecular weight is 362 g/mol. The van der Waals surface area contributed by atoms with E-state index >= 15 is 0 Å². The first kappa shape index (κ1) is 17.3. The standard InChI is InChI=1S/C13H15FN2O3S3/c1-20-9-12-15-16-13(19-12)21-7-2-8-22(17,18)11-5-3-10(14)4-6-11/h3-6H,2,7-9H2,1H3. The Kier molecular flexibility index (Phi) is 6.27. The van der Waals surface area contributed by atoms with Crippen molar-refractivity contribution in [3.8, 4) is 0 Å². The van der Waals surface area contributed by atoms with Crippen molar-refractivity contribution in [2.45, 2.75) is 22.3 Å². The van der Waals surface area contributed by atoms with Crippen LogP contribution in [-0.4, -0.2) is 36.4 Å². The van der Waals surface area contributed by atoms with Crippen molar-refractivity contribution >= 4 is 33.4 Å². The summed E-state index contributed by atoms with van der Waals surface area (Å²) in [5.41, 5.74) is 0. The van der Waals surface area contributed by atoms with Gasteiger partial charge < -0.3 is 4.42 Å². The van der Waals surface area contributed by atoms with E-state index < -0.39 is 15.7 Å². The lowest BCUT2D eigenvalue weighted by Gasteiger charge is -2.03. The molecule has 1 aromatic carbocycles. The Morgan fingerprint density at radius 3 is 2.64 bits per heavy atom. The van der Waals surface area contributed by atoms with Gasteiger partial charge in [0.2, 0.25) is 5.89 Å². The molecule has 2 rings (SSSR count). The molecule has 0 spiro atoms. The minimum absolute atomic E-state index is 0.00254. The lowest BCUT2D eigenvalue weighted by Crippen LogP contribution is -2.07. The third-order valence-electron chi connectivity index (χ3n) is 2.67. The summed E-state index contributed by atoms with van der Waals surface area (Å²) in [6.07, 6.45) is 2.39. The first-order valence-corrected chi connectivity index (χ1v) is 10.5. The van der Waals surface area contributed by atoms with Gasteiger partial charge in [0, 0.05) is 5.75 Å². The average Bonchev–Trinajstić information content (AvgIpc) is 2.92. The minimum Gasteiger partial charge on any atom is -0.415 e. The molecule has 0 atom stereocenters. The summed E-state index contributed by atoms with van der Waals surface area (Å²) >= 11 is 2.92. The van der Waals surface area contributed by atoms with Crippen LogP contribution >= 0.6 is 23.5 Å². The van der Waals surface area contributed by atoms with Crippen LogP contribution in [0.1, 0.15) is 12.3 Å². The Bertz CT molecular complexity index is 702. The van der Waals surface area contributed by atoms with E-state index in [2.05, 4.69) is 10.2 Å². The lowest BCUT2D eigenvalue weighted by molar-refractivity contribution is 0.426. The lowest BCUT2D eigenvalue weighted by atomic mass is 10.4. The second-order valence-electron chi connectivity index (χ2n) is 4.37. The fraction of sp³-hybridized carbons (Fsp3) is 0.385. The van der Waals surface area contributed by atoms with Gasteiger partial charge >= 0.3 is 0 Å². The molecular formula is C13H15FN2O3S3. The molecule has 0 aliphatic rings. The summed E-state index contributed by atoms with van der Waals surface area (Å²) in [6, 6.07) is 4.86. The maximum Gasteiger partial charge on any atom is 0.276 e. The number of rotatable bonds is 8. The molecule has 2 aromatic rings. The van der Waals surface area contributed by atoms with Crippen LogP contribution in [0.2, 0.25) is 0 Å². The van der Waals surface area contributed by atoms with Gasteiger partial charge in [0.05, 0.1) is 16.4 Å². The normalized spacial score (nSPS) is 11.7. The van der Waals surface area contributed by atoms with E-state index in [0.29, 0.717) is 29.0 Å². The van der Waals surface area contributed by atoms with Crippen LogP contribution in [-0.2, 0) is 15.6 Å². The molecule has 0 fully saturated rings. The van der Waals surface area contributed by atoms with Gasteiger partial charge in [-0.15, -0.1) is 10.2 Å². The zero-order valence-electron chi connectivity index (χ0n) is 11.9. The van der Waals surface area contributed by atoms with E-state index in [1.165, 1.54) is 23.9 Å². The molecule has 0 aliphatic carbocycles. The molecule has 1 heterocycles.